The van der Waals surface area contributed by atoms with Gasteiger partial charge in [-0.15, -0.1) is 0 Å². The van der Waals surface area contributed by atoms with Crippen molar-refractivity contribution in [3.05, 3.63) is 124 Å². The molecule has 1 saturated carbocycles. The van der Waals surface area contributed by atoms with Crippen LogP contribution in [0.2, 0.25) is 0 Å². The van der Waals surface area contributed by atoms with Crippen molar-refractivity contribution < 1.29 is 22.4 Å². The van der Waals surface area contributed by atoms with Gasteiger partial charge in [0.1, 0.15) is 12.2 Å². The van der Waals surface area contributed by atoms with Gasteiger partial charge in [-0.1, -0.05) is 36.4 Å². The molecule has 6 rings (SSSR count). The number of alkyl halides is 3. The minimum Gasteiger partial charge on any atom is -0.335 e. The number of halogens is 3. The van der Waals surface area contributed by atoms with Crippen molar-refractivity contribution >= 4 is 6.03 Å². The zero-order valence-electron chi connectivity index (χ0n) is 28.2. The molecule has 0 spiro atoms. The minimum atomic E-state index is -4.63. The molecule has 5 aromatic rings. The molecule has 0 atom stereocenters. The normalized spacial score (nSPS) is 16.6. The molecular weight excluding hydrogens is 643 g/mol. The molecule has 0 radical (unpaired) electrons. The van der Waals surface area contributed by atoms with Crippen LogP contribution in [0.25, 0.3) is 22.8 Å². The van der Waals surface area contributed by atoms with Gasteiger partial charge in [-0.3, -0.25) is 4.57 Å². The Labute approximate surface area is 288 Å². The lowest BCUT2D eigenvalue weighted by molar-refractivity contribution is -0.907. The molecule has 1 N–H and O–H groups in total. The monoisotopic (exact) mass is 682 g/mol. The number of imidazole rings is 1. The molecule has 50 heavy (non-hydrogen) atoms. The van der Waals surface area contributed by atoms with Crippen LogP contribution in [0.4, 0.5) is 18.0 Å². The Hall–Kier alpha value is -5.41. The van der Waals surface area contributed by atoms with Crippen LogP contribution in [0.1, 0.15) is 48.1 Å². The maximum Gasteiger partial charge on any atom is 0.416 e. The van der Waals surface area contributed by atoms with Crippen LogP contribution in [0.15, 0.2) is 95.9 Å². The molecular formula is C38H39F3N7O2+. The molecule has 9 nitrogen and oxygen atoms in total. The van der Waals surface area contributed by atoms with Gasteiger partial charge in [0, 0.05) is 17.5 Å². The van der Waals surface area contributed by atoms with E-state index in [4.69, 9.17) is 0 Å². The first-order valence-corrected chi connectivity index (χ1v) is 16.6. The lowest BCUT2D eigenvalue weighted by Gasteiger charge is -2.36. The third-order valence-electron chi connectivity index (χ3n) is 9.43. The molecule has 1 amide bonds. The highest BCUT2D eigenvalue weighted by molar-refractivity contribution is 5.83. The number of amides is 1. The number of hydrogen-bond acceptors (Lipinski definition) is 4. The summed E-state index contributed by atoms with van der Waals surface area (Å²) in [6, 6.07) is 24.4. The van der Waals surface area contributed by atoms with Crippen LogP contribution in [0.3, 0.4) is 0 Å². The largest absolute Gasteiger partial charge is 0.416 e. The second-order valence-electron chi connectivity index (χ2n) is 13.7. The maximum absolute atomic E-state index is 14.2. The fourth-order valence-corrected chi connectivity index (χ4v) is 7.16. The molecule has 0 aliphatic heterocycles. The Morgan fingerprint density at radius 3 is 2.32 bits per heavy atom. The van der Waals surface area contributed by atoms with Crippen molar-refractivity contribution in [3.8, 4) is 28.8 Å². The summed E-state index contributed by atoms with van der Waals surface area (Å²) < 4.78 is 45.6. The van der Waals surface area contributed by atoms with E-state index in [1.165, 1.54) is 28.6 Å². The van der Waals surface area contributed by atoms with Gasteiger partial charge < -0.3 is 9.80 Å². The summed E-state index contributed by atoms with van der Waals surface area (Å²) >= 11 is 0. The van der Waals surface area contributed by atoms with Gasteiger partial charge in [0.05, 0.1) is 66.8 Å². The van der Waals surface area contributed by atoms with E-state index in [2.05, 4.69) is 54.8 Å². The molecule has 0 unspecified atom stereocenters. The highest BCUT2D eigenvalue weighted by Crippen LogP contribution is 2.33. The van der Waals surface area contributed by atoms with Gasteiger partial charge in [-0.2, -0.15) is 23.5 Å². The fourth-order valence-electron chi connectivity index (χ4n) is 7.16. The van der Waals surface area contributed by atoms with Gasteiger partial charge in [0.25, 0.3) is 0 Å². The Morgan fingerprint density at radius 2 is 1.66 bits per heavy atom. The summed E-state index contributed by atoms with van der Waals surface area (Å²) in [6.45, 7) is 3.51. The summed E-state index contributed by atoms with van der Waals surface area (Å²) in [5.41, 5.74) is 1.42. The molecule has 3 aromatic carbocycles. The van der Waals surface area contributed by atoms with Crippen LogP contribution in [-0.2, 0) is 12.7 Å². The number of nitriles is 1. The highest BCUT2D eigenvalue weighted by Gasteiger charge is 2.33. The first-order valence-electron chi connectivity index (χ1n) is 16.6. The molecule has 12 heteroatoms. The van der Waals surface area contributed by atoms with Crippen molar-refractivity contribution in [1.82, 2.24) is 24.2 Å². The SMILES string of the molecule is Cc1c(-c2ccnn2-c2ccc(C#N)cc2)n(C(=O)N[C@H]2CC[C@@H](C[N+](C)(C)Cc3ccccc3)CC2)c(=O)n1-c1cccc(C(F)(F)F)c1. The molecule has 0 saturated heterocycles. The molecule has 1 aliphatic carbocycles. The summed E-state index contributed by atoms with van der Waals surface area (Å²) in [5.74, 6) is 0.478. The number of rotatable bonds is 8. The van der Waals surface area contributed by atoms with Crippen molar-refractivity contribution in [3.63, 3.8) is 0 Å². The van der Waals surface area contributed by atoms with Gasteiger partial charge in [0.15, 0.2) is 0 Å². The third kappa shape index (κ3) is 7.28. The number of carbonyl (C=O) groups excluding carboxylic acids is 1. The van der Waals surface area contributed by atoms with Crippen molar-refractivity contribution in [2.24, 2.45) is 5.92 Å². The standard InChI is InChI=1S/C38H38F3N7O2/c1-26-35(34-20-21-43-47(34)32-18-14-27(23-42)15-19-32)46(37(50)45(26)33-11-7-10-30(22-33)38(39,40)41)36(49)44-31-16-12-29(13-17-31)25-48(2,3)24-28-8-5-4-6-9-28/h4-11,14-15,18-22,29,31H,12-13,16-17,24-25H2,1-3H3/p+1/t29-,31+. The van der Waals surface area contributed by atoms with Gasteiger partial charge >= 0.3 is 17.9 Å². The Bertz CT molecular complexity index is 2080. The average molecular weight is 683 g/mol. The van der Waals surface area contributed by atoms with E-state index >= 15 is 0 Å². The number of nitrogens with one attached hydrogen (secondary N) is 1. The van der Waals surface area contributed by atoms with Crippen molar-refractivity contribution in [1.29, 1.82) is 5.26 Å². The lowest BCUT2D eigenvalue weighted by Crippen LogP contribution is -2.46. The van der Waals surface area contributed by atoms with E-state index in [0.29, 0.717) is 22.9 Å². The van der Waals surface area contributed by atoms with E-state index in [0.717, 1.165) is 64.5 Å². The zero-order chi connectivity index (χ0) is 35.6. The van der Waals surface area contributed by atoms with Crippen LogP contribution < -0.4 is 11.0 Å². The fraction of sp³-hybridized carbons (Fsp3) is 0.316. The van der Waals surface area contributed by atoms with Gasteiger partial charge in [-0.25, -0.2) is 18.8 Å². The Kier molecular flexibility index (Phi) is 9.54. The van der Waals surface area contributed by atoms with Crippen LogP contribution in [-0.4, -0.2) is 56.1 Å². The first kappa shape index (κ1) is 34.5. The molecule has 2 aromatic heterocycles. The predicted molar refractivity (Wildman–Crippen MR) is 184 cm³/mol. The van der Waals surface area contributed by atoms with Gasteiger partial charge in [0.2, 0.25) is 0 Å². The quantitative estimate of drug-likeness (QED) is 0.177. The Morgan fingerprint density at radius 1 is 0.960 bits per heavy atom. The van der Waals surface area contributed by atoms with E-state index in [1.807, 2.05) is 6.07 Å². The van der Waals surface area contributed by atoms with Crippen LogP contribution in [0, 0.1) is 24.2 Å². The molecule has 0 bridgehead atoms. The van der Waals surface area contributed by atoms with E-state index in [1.54, 1.807) is 37.3 Å². The summed E-state index contributed by atoms with van der Waals surface area (Å²) in [5, 5.41) is 16.7. The molecule has 1 aliphatic rings. The second-order valence-corrected chi connectivity index (χ2v) is 13.7. The molecule has 2 heterocycles. The predicted octanol–water partition coefficient (Wildman–Crippen LogP) is 7.08. The van der Waals surface area contributed by atoms with Crippen LogP contribution >= 0.6 is 0 Å². The second kappa shape index (κ2) is 13.8. The minimum absolute atomic E-state index is 0.0173. The van der Waals surface area contributed by atoms with Gasteiger partial charge in [-0.05, 0) is 81.1 Å². The smallest absolute Gasteiger partial charge is 0.335 e. The number of aromatic nitrogens is 4. The highest BCUT2D eigenvalue weighted by atomic mass is 19.4. The zero-order valence-corrected chi connectivity index (χ0v) is 28.2. The topological polar surface area (TPSA) is 97.6 Å². The number of hydrogen-bond donors (Lipinski definition) is 1. The average Bonchev–Trinajstić information content (AvgIpc) is 3.67. The van der Waals surface area contributed by atoms with Crippen molar-refractivity contribution in [2.75, 3.05) is 20.6 Å². The number of nitrogens with zero attached hydrogens (tertiary/aromatic N) is 6. The van der Waals surface area contributed by atoms with E-state index in [9.17, 15) is 28.0 Å². The summed E-state index contributed by atoms with van der Waals surface area (Å²) in [6.07, 6.45) is 0.196. The maximum atomic E-state index is 14.2. The molecule has 1 fully saturated rings. The van der Waals surface area contributed by atoms with E-state index < -0.39 is 23.5 Å². The van der Waals surface area contributed by atoms with Crippen molar-refractivity contribution in [2.45, 2.75) is 51.4 Å². The summed E-state index contributed by atoms with van der Waals surface area (Å²) in [4.78, 5) is 28.3. The van der Waals surface area contributed by atoms with E-state index in [-0.39, 0.29) is 23.1 Å². The Balaban J connectivity index is 1.30. The number of carbonyl (C=O) groups is 1. The lowest BCUT2D eigenvalue weighted by atomic mass is 9.85. The molecule has 258 valence electrons. The summed E-state index contributed by atoms with van der Waals surface area (Å²) in [7, 11) is 4.46. The number of benzene rings is 3. The number of quaternary nitrogens is 1. The van der Waals surface area contributed by atoms with Crippen LogP contribution in [0.5, 0.6) is 0 Å². The first-order chi connectivity index (χ1) is 23.8. The third-order valence-corrected chi connectivity index (χ3v) is 9.43.